The van der Waals surface area contributed by atoms with Crippen LogP contribution in [0.3, 0.4) is 0 Å². The second kappa shape index (κ2) is 9.52. The lowest BCUT2D eigenvalue weighted by molar-refractivity contribution is 0.135. The van der Waals surface area contributed by atoms with Gasteiger partial charge in [-0.15, -0.1) is 0 Å². The van der Waals surface area contributed by atoms with Gasteiger partial charge in [0, 0.05) is 18.0 Å². The largest absolute Gasteiger partial charge is 0.445 e. The van der Waals surface area contributed by atoms with E-state index in [4.69, 9.17) is 4.74 Å². The molecule has 0 aliphatic rings. The van der Waals surface area contributed by atoms with Crippen LogP contribution in [0.1, 0.15) is 22.9 Å². The Hall–Kier alpha value is -3.93. The predicted molar refractivity (Wildman–Crippen MR) is 114 cm³/mol. The fourth-order valence-corrected chi connectivity index (χ4v) is 3.31. The number of benzene rings is 2. The van der Waals surface area contributed by atoms with Crippen LogP contribution in [0.25, 0.3) is 11.1 Å². The average molecular weight is 398 g/mol. The van der Waals surface area contributed by atoms with E-state index in [-0.39, 0.29) is 12.6 Å². The molecule has 2 N–H and O–H groups in total. The van der Waals surface area contributed by atoms with Crippen LogP contribution in [0.4, 0.5) is 4.79 Å². The van der Waals surface area contributed by atoms with Crippen LogP contribution in [0, 0.1) is 0 Å². The van der Waals surface area contributed by atoms with Gasteiger partial charge in [0.25, 0.3) is 0 Å². The van der Waals surface area contributed by atoms with Gasteiger partial charge in [0.1, 0.15) is 6.61 Å². The van der Waals surface area contributed by atoms with Gasteiger partial charge in [-0.3, -0.25) is 10.1 Å². The van der Waals surface area contributed by atoms with Crippen molar-refractivity contribution in [3.63, 3.8) is 0 Å². The predicted octanol–water partition coefficient (Wildman–Crippen LogP) is 4.68. The van der Waals surface area contributed by atoms with E-state index in [0.717, 1.165) is 27.9 Å². The van der Waals surface area contributed by atoms with E-state index in [2.05, 4.69) is 20.5 Å². The Balaban J connectivity index is 1.55. The minimum atomic E-state index is -0.477. The van der Waals surface area contributed by atoms with Crippen molar-refractivity contribution in [1.82, 2.24) is 20.5 Å². The van der Waals surface area contributed by atoms with Crippen LogP contribution < -0.4 is 5.32 Å². The van der Waals surface area contributed by atoms with Gasteiger partial charge in [0.15, 0.2) is 0 Å². The van der Waals surface area contributed by atoms with Gasteiger partial charge in [-0.1, -0.05) is 60.7 Å². The maximum Gasteiger partial charge on any atom is 0.408 e. The van der Waals surface area contributed by atoms with Crippen molar-refractivity contribution >= 4 is 6.09 Å². The smallest absolute Gasteiger partial charge is 0.408 e. The molecule has 1 amide bonds. The number of amides is 1. The Morgan fingerprint density at radius 1 is 0.933 bits per heavy atom. The summed E-state index contributed by atoms with van der Waals surface area (Å²) in [6, 6.07) is 23.1. The number of aromatic nitrogens is 3. The molecular weight excluding hydrogens is 376 g/mol. The molecular formula is C24H22N4O2. The van der Waals surface area contributed by atoms with E-state index in [0.29, 0.717) is 6.42 Å². The summed E-state index contributed by atoms with van der Waals surface area (Å²) < 4.78 is 5.45. The van der Waals surface area contributed by atoms with Crippen molar-refractivity contribution in [1.29, 1.82) is 0 Å². The van der Waals surface area contributed by atoms with Gasteiger partial charge in [-0.25, -0.2) is 4.79 Å². The Bertz CT molecular complexity index is 1070. The number of pyridine rings is 1. The highest BCUT2D eigenvalue weighted by Crippen LogP contribution is 2.28. The highest BCUT2D eigenvalue weighted by molar-refractivity contribution is 5.70. The molecule has 1 unspecified atom stereocenters. The Morgan fingerprint density at radius 2 is 1.60 bits per heavy atom. The maximum absolute atomic E-state index is 12.6. The molecule has 4 aromatic rings. The van der Waals surface area contributed by atoms with Crippen LogP contribution in [0.15, 0.2) is 91.4 Å². The quantitative estimate of drug-likeness (QED) is 0.474. The van der Waals surface area contributed by atoms with Gasteiger partial charge in [0.05, 0.1) is 17.9 Å². The standard InChI is InChI=1S/C24H22N4O2/c29-24(30-17-19-9-5-2-6-10-19)27-22(15-18-7-3-1-4-8-18)23-21(16-26-28-23)20-11-13-25-14-12-20/h1-14,16,22H,15,17H2,(H,26,28)(H,27,29). The molecule has 2 aromatic carbocycles. The molecule has 30 heavy (non-hydrogen) atoms. The van der Waals surface area contributed by atoms with Gasteiger partial charge in [-0.05, 0) is 35.2 Å². The zero-order valence-electron chi connectivity index (χ0n) is 16.4. The number of carbonyl (C=O) groups is 1. The molecule has 2 aromatic heterocycles. The number of nitrogens with one attached hydrogen (secondary N) is 2. The first-order valence-electron chi connectivity index (χ1n) is 9.74. The van der Waals surface area contributed by atoms with E-state index >= 15 is 0 Å². The number of carbonyl (C=O) groups excluding carboxylic acids is 1. The molecule has 150 valence electrons. The summed E-state index contributed by atoms with van der Waals surface area (Å²) in [6.07, 6.45) is 5.36. The Kier molecular flexibility index (Phi) is 6.15. The number of nitrogens with zero attached hydrogens (tertiary/aromatic N) is 2. The molecule has 2 heterocycles. The summed E-state index contributed by atoms with van der Waals surface area (Å²) >= 11 is 0. The topological polar surface area (TPSA) is 79.9 Å². The minimum Gasteiger partial charge on any atom is -0.445 e. The van der Waals surface area contributed by atoms with Crippen molar-refractivity contribution in [3.05, 3.63) is 108 Å². The van der Waals surface area contributed by atoms with Gasteiger partial charge < -0.3 is 10.1 Å². The Morgan fingerprint density at radius 3 is 2.30 bits per heavy atom. The second-order valence-corrected chi connectivity index (χ2v) is 6.88. The third kappa shape index (κ3) is 4.91. The molecule has 0 aliphatic carbocycles. The van der Waals surface area contributed by atoms with E-state index < -0.39 is 6.09 Å². The van der Waals surface area contributed by atoms with Crippen molar-refractivity contribution in [3.8, 4) is 11.1 Å². The van der Waals surface area contributed by atoms with Gasteiger partial charge in [0.2, 0.25) is 0 Å². The van der Waals surface area contributed by atoms with E-state index in [1.807, 2.05) is 72.8 Å². The van der Waals surface area contributed by atoms with E-state index in [9.17, 15) is 4.79 Å². The highest BCUT2D eigenvalue weighted by Gasteiger charge is 2.22. The minimum absolute atomic E-state index is 0.213. The number of hydrogen-bond acceptors (Lipinski definition) is 4. The summed E-state index contributed by atoms with van der Waals surface area (Å²) in [6.45, 7) is 0.213. The molecule has 0 saturated carbocycles. The average Bonchev–Trinajstić information content (AvgIpc) is 3.29. The zero-order valence-corrected chi connectivity index (χ0v) is 16.4. The van der Waals surface area contributed by atoms with E-state index in [1.165, 1.54) is 0 Å². The second-order valence-electron chi connectivity index (χ2n) is 6.88. The van der Waals surface area contributed by atoms with Crippen molar-refractivity contribution < 1.29 is 9.53 Å². The van der Waals surface area contributed by atoms with Crippen LogP contribution in [0.2, 0.25) is 0 Å². The van der Waals surface area contributed by atoms with Crippen LogP contribution in [-0.2, 0) is 17.8 Å². The highest BCUT2D eigenvalue weighted by atomic mass is 16.5. The summed E-state index contributed by atoms with van der Waals surface area (Å²) in [5.74, 6) is 0. The summed E-state index contributed by atoms with van der Waals surface area (Å²) in [5, 5.41) is 10.3. The number of H-pyrrole nitrogens is 1. The van der Waals surface area contributed by atoms with E-state index in [1.54, 1.807) is 18.6 Å². The third-order valence-electron chi connectivity index (χ3n) is 4.80. The molecule has 6 heteroatoms. The first-order valence-corrected chi connectivity index (χ1v) is 9.74. The molecule has 0 spiro atoms. The monoisotopic (exact) mass is 398 g/mol. The van der Waals surface area contributed by atoms with Crippen molar-refractivity contribution in [2.45, 2.75) is 19.1 Å². The number of rotatable bonds is 7. The lowest BCUT2D eigenvalue weighted by Crippen LogP contribution is -2.31. The maximum atomic E-state index is 12.6. The molecule has 0 saturated heterocycles. The number of alkyl carbamates (subject to hydrolysis) is 1. The van der Waals surface area contributed by atoms with Gasteiger partial charge in [-0.2, -0.15) is 5.10 Å². The first-order chi connectivity index (χ1) is 14.8. The zero-order chi connectivity index (χ0) is 20.6. The van der Waals surface area contributed by atoms with Crippen LogP contribution in [0.5, 0.6) is 0 Å². The Labute approximate surface area is 175 Å². The first kappa shape index (κ1) is 19.4. The number of ether oxygens (including phenoxy) is 1. The van der Waals surface area contributed by atoms with Crippen molar-refractivity contribution in [2.75, 3.05) is 0 Å². The summed E-state index contributed by atoms with van der Waals surface area (Å²) in [4.78, 5) is 16.7. The fourth-order valence-electron chi connectivity index (χ4n) is 3.31. The third-order valence-corrected chi connectivity index (χ3v) is 4.80. The molecule has 0 radical (unpaired) electrons. The van der Waals surface area contributed by atoms with Crippen LogP contribution in [-0.4, -0.2) is 21.3 Å². The molecule has 0 bridgehead atoms. The molecule has 4 rings (SSSR count). The van der Waals surface area contributed by atoms with Crippen LogP contribution >= 0.6 is 0 Å². The number of hydrogen-bond donors (Lipinski definition) is 2. The molecule has 0 fully saturated rings. The molecule has 0 aliphatic heterocycles. The fraction of sp³-hybridized carbons (Fsp3) is 0.125. The summed E-state index contributed by atoms with van der Waals surface area (Å²) in [7, 11) is 0. The molecule has 6 nitrogen and oxygen atoms in total. The molecule has 1 atom stereocenters. The lowest BCUT2D eigenvalue weighted by atomic mass is 9.98. The lowest BCUT2D eigenvalue weighted by Gasteiger charge is -2.19. The SMILES string of the molecule is O=C(NC(Cc1ccccc1)c1[nH]ncc1-c1ccncc1)OCc1ccccc1. The van der Waals surface area contributed by atoms with Crippen molar-refractivity contribution in [2.24, 2.45) is 0 Å². The normalized spacial score (nSPS) is 11.6. The van der Waals surface area contributed by atoms with Gasteiger partial charge >= 0.3 is 6.09 Å². The number of aromatic amines is 1. The summed E-state index contributed by atoms with van der Waals surface area (Å²) in [5.41, 5.74) is 4.75.